The molecule has 1 aliphatic rings. The number of carbonyl (C=O) groups is 3. The maximum atomic E-state index is 12.6. The van der Waals surface area contributed by atoms with E-state index in [0.717, 1.165) is 73.9 Å². The molecule has 28 heteroatoms. The van der Waals surface area contributed by atoms with Crippen molar-refractivity contribution in [3.8, 4) is 0 Å². The van der Waals surface area contributed by atoms with Crippen LogP contribution in [0, 0.1) is 5.41 Å². The topological polar surface area (TPSA) is 375 Å². The van der Waals surface area contributed by atoms with E-state index in [2.05, 4.69) is 74.7 Å². The molecule has 3 heterocycles. The number of unbranched alkanes of at least 4 members (excludes halogenated alkanes) is 9. The van der Waals surface area contributed by atoms with Crippen LogP contribution >= 0.6 is 35.2 Å². The number of aromatic nitrogens is 4. The number of nitrogens with two attached hydrogens (primary N) is 1. The smallest absolute Gasteiger partial charge is 0.274 e. The number of carbonyl (C=O) groups excluding carboxylic acids is 3. The van der Waals surface area contributed by atoms with Crippen LogP contribution in [0.25, 0.3) is 11.2 Å². The van der Waals surface area contributed by atoms with E-state index in [9.17, 15) is 57.9 Å². The molecule has 0 saturated carbocycles. The number of allylic oxidation sites excluding steroid dienone is 4. The number of nitrogen functional groups attached to an aromatic ring is 1. The van der Waals surface area contributed by atoms with Crippen LogP contribution in [0.3, 0.4) is 0 Å². The Morgan fingerprint density at radius 1 is 0.925 bits per heavy atom. The number of amides is 2. The van der Waals surface area contributed by atoms with Gasteiger partial charge < -0.3 is 69.0 Å². The van der Waals surface area contributed by atoms with Crippen LogP contribution in [0.4, 0.5) is 5.82 Å². The average molecular weight is 1030 g/mol. The van der Waals surface area contributed by atoms with Gasteiger partial charge in [-0.1, -0.05) is 95.4 Å². The summed E-state index contributed by atoms with van der Waals surface area (Å²) >= 11 is 1.13. The minimum Gasteiger partial charge on any atom is -0.790 e. The lowest BCUT2D eigenvalue weighted by molar-refractivity contribution is -0.347. The molecule has 2 aromatic rings. The quantitative estimate of drug-likeness (QED) is 0.0387. The lowest BCUT2D eigenvalue weighted by Gasteiger charge is -2.36. The molecule has 0 spiro atoms. The van der Waals surface area contributed by atoms with Gasteiger partial charge in [-0.2, -0.15) is 0 Å². The number of phosphoric acid groups is 3. The summed E-state index contributed by atoms with van der Waals surface area (Å²) in [6.07, 6.45) is 13.8. The number of thioether (sulfide) groups is 1. The minimum absolute atomic E-state index is 0.0196. The Bertz CT molecular complexity index is 2090. The van der Waals surface area contributed by atoms with Crippen molar-refractivity contribution >= 4 is 69.1 Å². The van der Waals surface area contributed by atoms with Gasteiger partial charge in [-0.3, -0.25) is 28.1 Å². The molecule has 7 atom stereocenters. The maximum absolute atomic E-state index is 12.6. The van der Waals surface area contributed by atoms with Gasteiger partial charge >= 0.3 is 0 Å². The predicted octanol–water partition coefficient (Wildman–Crippen LogP) is 1.95. The van der Waals surface area contributed by atoms with Crippen molar-refractivity contribution in [3.63, 3.8) is 0 Å². The van der Waals surface area contributed by atoms with Gasteiger partial charge in [0.2, 0.25) is 11.8 Å². The highest BCUT2D eigenvalue weighted by molar-refractivity contribution is 8.13. The minimum atomic E-state index is -5.92. The number of fused-ring (bicyclic) bond motifs is 1. The van der Waals surface area contributed by atoms with E-state index in [1.165, 1.54) is 39.5 Å². The van der Waals surface area contributed by atoms with Gasteiger partial charge in [-0.15, -0.1) is 0 Å². The van der Waals surface area contributed by atoms with E-state index in [4.69, 9.17) is 10.5 Å². The van der Waals surface area contributed by atoms with Crippen LogP contribution in [-0.2, 0) is 50.7 Å². The molecule has 67 heavy (non-hydrogen) atoms. The van der Waals surface area contributed by atoms with E-state index >= 15 is 0 Å². The second-order valence-corrected chi connectivity index (χ2v) is 21.4. The molecule has 0 aliphatic carbocycles. The SMILES string of the molecule is CCCCCC/C=C/C=C\CCCCCCCC(=O)SCCNC(=O)CCNC(=O)[C@H](O)C(C)(C)COP(=O)([O-])OP(=O)([O-])OC[C@H]1O[C@@H](n2cnc3c(N)ncnc32)[C@H](O)[C@@H]1OP(=O)([O-])[O-]. The van der Waals surface area contributed by atoms with Gasteiger partial charge in [0.15, 0.2) is 22.8 Å². The summed E-state index contributed by atoms with van der Waals surface area (Å²) in [7, 11) is -17.6. The maximum Gasteiger partial charge on any atom is 0.274 e. The van der Waals surface area contributed by atoms with Crippen LogP contribution in [0.2, 0.25) is 0 Å². The molecule has 0 radical (unpaired) electrons. The molecule has 0 bridgehead atoms. The van der Waals surface area contributed by atoms with Crippen molar-refractivity contribution in [1.82, 2.24) is 30.2 Å². The summed E-state index contributed by atoms with van der Waals surface area (Å²) in [6, 6.07) is 0. The summed E-state index contributed by atoms with van der Waals surface area (Å²) in [5, 5.41) is 26.4. The number of nitrogens with zero attached hydrogens (tertiary/aromatic N) is 4. The number of nitrogens with one attached hydrogen (secondary N) is 2. The lowest BCUT2D eigenvalue weighted by Crippen LogP contribution is -2.46. The van der Waals surface area contributed by atoms with E-state index in [0.29, 0.717) is 12.2 Å². The van der Waals surface area contributed by atoms with Gasteiger partial charge in [0.05, 0.1) is 27.4 Å². The molecule has 2 amide bonds. The molecule has 1 fully saturated rings. The monoisotopic (exact) mass is 1030 g/mol. The Labute approximate surface area is 393 Å². The summed E-state index contributed by atoms with van der Waals surface area (Å²) < 4.78 is 60.8. The number of rotatable bonds is 33. The molecule has 3 rings (SSSR count). The standard InChI is InChI=1S/C39H66N7O17P3S/c1-4-5-6-7-8-9-10-11-12-13-14-15-16-17-18-19-30(48)67-23-22-41-29(47)20-21-42-37(51)34(50)39(2,3)25-60-66(57,58)63-65(55,56)59-24-28-33(62-64(52,53)54)32(49)38(61-28)46-27-45-31-35(40)43-26-44-36(31)46/h9-12,26-28,32-34,38,49-50H,4-8,13-25H2,1-3H3,(H,41,47)(H,42,51)(H,55,56)(H,57,58)(H2,40,43,44)(H2,52,53,54)/p-4/b10-9+,12-11-/t28-,32-,33-,34+,38-/m1/s1. The van der Waals surface area contributed by atoms with E-state index in [1.54, 1.807) is 0 Å². The zero-order valence-electron chi connectivity index (χ0n) is 37.7. The molecule has 1 saturated heterocycles. The first kappa shape index (κ1) is 58.4. The number of hydrogen-bond acceptors (Lipinski definition) is 22. The van der Waals surface area contributed by atoms with Crippen LogP contribution in [-0.4, -0.2) is 103 Å². The van der Waals surface area contributed by atoms with Crippen LogP contribution < -0.4 is 35.9 Å². The highest BCUT2D eigenvalue weighted by atomic mass is 32.2. The Balaban J connectivity index is 1.31. The Morgan fingerprint density at radius 2 is 1.57 bits per heavy atom. The number of imidazole rings is 1. The first-order valence-electron chi connectivity index (χ1n) is 21.8. The summed E-state index contributed by atoms with van der Waals surface area (Å²) in [5.74, 6) is -1.15. The molecular weight excluding hydrogens is 963 g/mol. The van der Waals surface area contributed by atoms with Crippen molar-refractivity contribution in [2.45, 2.75) is 135 Å². The second kappa shape index (κ2) is 28.6. The van der Waals surface area contributed by atoms with Crippen molar-refractivity contribution in [2.75, 3.05) is 37.8 Å². The van der Waals surface area contributed by atoms with Crippen LogP contribution in [0.5, 0.6) is 0 Å². The van der Waals surface area contributed by atoms with Gasteiger partial charge in [0, 0.05) is 37.1 Å². The first-order valence-corrected chi connectivity index (χ1v) is 27.2. The number of ether oxygens (including phenoxy) is 1. The average Bonchev–Trinajstić information content (AvgIpc) is 3.81. The fourth-order valence-electron chi connectivity index (χ4n) is 6.44. The third-order valence-corrected chi connectivity index (χ3v) is 14.0. The lowest BCUT2D eigenvalue weighted by atomic mass is 9.87. The first-order chi connectivity index (χ1) is 31.6. The number of hydrogen-bond donors (Lipinski definition) is 5. The summed E-state index contributed by atoms with van der Waals surface area (Å²) in [5.41, 5.74) is 4.09. The predicted molar refractivity (Wildman–Crippen MR) is 238 cm³/mol. The summed E-state index contributed by atoms with van der Waals surface area (Å²) in [6.45, 7) is 2.36. The zero-order chi connectivity index (χ0) is 49.7. The van der Waals surface area contributed by atoms with Gasteiger partial charge in [0.1, 0.15) is 36.3 Å². The van der Waals surface area contributed by atoms with E-state index < -0.39 is 84.6 Å². The number of aliphatic hydroxyl groups is 2. The van der Waals surface area contributed by atoms with Gasteiger partial charge in [-0.25, -0.2) is 19.3 Å². The van der Waals surface area contributed by atoms with Gasteiger partial charge in [-0.05, 0) is 32.1 Å². The molecule has 1 aliphatic heterocycles. The highest BCUT2D eigenvalue weighted by Gasteiger charge is 2.47. The molecule has 380 valence electrons. The largest absolute Gasteiger partial charge is 0.790 e. The van der Waals surface area contributed by atoms with Crippen LogP contribution in [0.15, 0.2) is 37.0 Å². The Morgan fingerprint density at radius 3 is 2.24 bits per heavy atom. The third kappa shape index (κ3) is 21.7. The highest BCUT2D eigenvalue weighted by Crippen LogP contribution is 2.56. The normalized spacial score (nSPS) is 20.3. The molecular formula is C39H62N7O17P3S-4. The van der Waals surface area contributed by atoms with E-state index in [-0.39, 0.29) is 41.6 Å². The Hall–Kier alpha value is -2.96. The van der Waals surface area contributed by atoms with Crippen molar-refractivity contribution in [3.05, 3.63) is 37.0 Å². The number of phosphoric ester groups is 3. The third-order valence-electron chi connectivity index (χ3n) is 10.1. The second-order valence-electron chi connectivity index (χ2n) is 16.2. The molecule has 2 aromatic heterocycles. The van der Waals surface area contributed by atoms with Gasteiger partial charge in [0.25, 0.3) is 15.6 Å². The Kier molecular flexibility index (Phi) is 24.9. The van der Waals surface area contributed by atoms with E-state index in [1.807, 2.05) is 0 Å². The number of anilines is 1. The van der Waals surface area contributed by atoms with Crippen molar-refractivity contribution in [1.29, 1.82) is 0 Å². The van der Waals surface area contributed by atoms with Crippen LogP contribution in [0.1, 0.15) is 110 Å². The fourth-order valence-corrected chi connectivity index (χ4v) is 9.90. The molecule has 0 aromatic carbocycles. The zero-order valence-corrected chi connectivity index (χ0v) is 41.2. The van der Waals surface area contributed by atoms with Crippen molar-refractivity contribution < 1.29 is 80.5 Å². The summed E-state index contributed by atoms with van der Waals surface area (Å²) in [4.78, 5) is 96.8. The molecule has 2 unspecified atom stereocenters. The van der Waals surface area contributed by atoms with Crippen molar-refractivity contribution in [2.24, 2.45) is 5.41 Å². The molecule has 24 nitrogen and oxygen atoms in total. The number of aliphatic hydroxyl groups excluding tert-OH is 2. The fraction of sp³-hybridized carbons (Fsp3) is 0.692. The molecule has 6 N–H and O–H groups in total.